The van der Waals surface area contributed by atoms with E-state index in [4.69, 9.17) is 10.1 Å². The van der Waals surface area contributed by atoms with Gasteiger partial charge in [-0.2, -0.15) is 5.10 Å². The Morgan fingerprint density at radius 3 is 2.24 bits per heavy atom. The first kappa shape index (κ1) is 22.1. The molecular formula is C29H29N3O2. The topological polar surface area (TPSA) is 68.0 Å². The summed E-state index contributed by atoms with van der Waals surface area (Å²) in [5, 5.41) is 14.5. The van der Waals surface area contributed by atoms with E-state index in [1.807, 2.05) is 30.3 Å². The van der Waals surface area contributed by atoms with E-state index in [1.165, 1.54) is 24.8 Å². The van der Waals surface area contributed by atoms with Gasteiger partial charge >= 0.3 is 5.97 Å². The molecular weight excluding hydrogens is 422 g/mol. The van der Waals surface area contributed by atoms with Crippen LogP contribution in [0, 0.1) is 0 Å². The standard InChI is InChI=1S/C29H29N3O2/c33-29(34)26-14-8-7-13-25(26)23-17-15-22(16-18-23)20-28-30-27(19-21-9-3-1-4-10-21)31-32(28)24-11-5-2-6-12-24/h1,3-4,7-10,13-18,24H,2,5-6,11-12,19-20H2,(H,33,34). The number of benzene rings is 3. The van der Waals surface area contributed by atoms with Crippen molar-refractivity contribution in [3.8, 4) is 11.1 Å². The summed E-state index contributed by atoms with van der Waals surface area (Å²) in [4.78, 5) is 16.6. The first-order valence-electron chi connectivity index (χ1n) is 12.1. The van der Waals surface area contributed by atoms with Gasteiger partial charge in [0.2, 0.25) is 0 Å². The van der Waals surface area contributed by atoms with Crippen LogP contribution in [0.15, 0.2) is 78.9 Å². The third kappa shape index (κ3) is 4.93. The van der Waals surface area contributed by atoms with Gasteiger partial charge in [-0.15, -0.1) is 0 Å². The van der Waals surface area contributed by atoms with E-state index in [2.05, 4.69) is 41.1 Å². The number of hydrogen-bond donors (Lipinski definition) is 1. The monoisotopic (exact) mass is 451 g/mol. The Morgan fingerprint density at radius 1 is 0.824 bits per heavy atom. The van der Waals surface area contributed by atoms with Crippen molar-refractivity contribution < 1.29 is 9.90 Å². The van der Waals surface area contributed by atoms with Crippen molar-refractivity contribution in [2.75, 3.05) is 0 Å². The molecule has 0 saturated heterocycles. The maximum absolute atomic E-state index is 11.6. The first-order valence-corrected chi connectivity index (χ1v) is 12.1. The lowest BCUT2D eigenvalue weighted by Gasteiger charge is -2.23. The minimum absolute atomic E-state index is 0.317. The number of aromatic nitrogens is 3. The Labute approximate surface area is 200 Å². The zero-order valence-electron chi connectivity index (χ0n) is 19.2. The highest BCUT2D eigenvalue weighted by molar-refractivity contribution is 5.95. The molecule has 5 rings (SSSR count). The SMILES string of the molecule is O=C(O)c1ccccc1-c1ccc(Cc2nc(Cc3ccccc3)nn2C2CCCCC2)cc1. The van der Waals surface area contributed by atoms with Gasteiger partial charge in [0.15, 0.2) is 5.82 Å². The fraction of sp³-hybridized carbons (Fsp3) is 0.276. The van der Waals surface area contributed by atoms with E-state index in [0.717, 1.165) is 47.6 Å². The summed E-state index contributed by atoms with van der Waals surface area (Å²) in [6, 6.07) is 26.1. The highest BCUT2D eigenvalue weighted by atomic mass is 16.4. The van der Waals surface area contributed by atoms with Crippen LogP contribution >= 0.6 is 0 Å². The molecule has 5 heteroatoms. The molecule has 4 aromatic rings. The van der Waals surface area contributed by atoms with Gasteiger partial charge in [0.1, 0.15) is 5.82 Å². The Hall–Kier alpha value is -3.73. The number of carboxylic acids is 1. The third-order valence-electron chi connectivity index (χ3n) is 6.66. The molecule has 0 amide bonds. The highest BCUT2D eigenvalue weighted by Crippen LogP contribution is 2.30. The predicted octanol–water partition coefficient (Wildman–Crippen LogP) is 6.33. The molecule has 3 aromatic carbocycles. The van der Waals surface area contributed by atoms with Gasteiger partial charge in [-0.1, -0.05) is 92.1 Å². The van der Waals surface area contributed by atoms with Gasteiger partial charge < -0.3 is 5.11 Å². The Balaban J connectivity index is 1.41. The van der Waals surface area contributed by atoms with Gasteiger partial charge in [0, 0.05) is 12.8 Å². The van der Waals surface area contributed by atoms with Crippen molar-refractivity contribution in [1.29, 1.82) is 0 Å². The maximum Gasteiger partial charge on any atom is 0.336 e. The molecule has 172 valence electrons. The Bertz CT molecular complexity index is 1260. The zero-order valence-corrected chi connectivity index (χ0v) is 19.2. The van der Waals surface area contributed by atoms with E-state index >= 15 is 0 Å². The van der Waals surface area contributed by atoms with Crippen LogP contribution in [0.25, 0.3) is 11.1 Å². The van der Waals surface area contributed by atoms with E-state index < -0.39 is 5.97 Å². The zero-order chi connectivity index (χ0) is 23.3. The fourth-order valence-electron chi connectivity index (χ4n) is 4.90. The number of nitrogens with zero attached hydrogens (tertiary/aromatic N) is 3. The molecule has 5 nitrogen and oxygen atoms in total. The van der Waals surface area contributed by atoms with Crippen LogP contribution in [0.2, 0.25) is 0 Å². The molecule has 1 aliphatic carbocycles. The molecule has 0 radical (unpaired) electrons. The molecule has 1 N–H and O–H groups in total. The van der Waals surface area contributed by atoms with Crippen molar-refractivity contribution in [1.82, 2.24) is 14.8 Å². The number of carbonyl (C=O) groups is 1. The number of rotatable bonds is 7. The minimum atomic E-state index is -0.911. The molecule has 34 heavy (non-hydrogen) atoms. The summed E-state index contributed by atoms with van der Waals surface area (Å²) in [5.41, 5.74) is 4.32. The van der Waals surface area contributed by atoms with Crippen LogP contribution < -0.4 is 0 Å². The molecule has 1 aromatic heterocycles. The van der Waals surface area contributed by atoms with Gasteiger partial charge in [0.05, 0.1) is 11.6 Å². The normalized spacial score (nSPS) is 14.2. The molecule has 1 heterocycles. The van der Waals surface area contributed by atoms with Gasteiger partial charge in [-0.25, -0.2) is 14.5 Å². The van der Waals surface area contributed by atoms with Crippen LogP contribution in [0.5, 0.6) is 0 Å². The Kier molecular flexibility index (Phi) is 6.52. The minimum Gasteiger partial charge on any atom is -0.478 e. The lowest BCUT2D eigenvalue weighted by atomic mass is 9.95. The van der Waals surface area contributed by atoms with Gasteiger partial charge in [-0.05, 0) is 41.2 Å². The average molecular weight is 452 g/mol. The van der Waals surface area contributed by atoms with Gasteiger partial charge in [0.25, 0.3) is 0 Å². The third-order valence-corrected chi connectivity index (χ3v) is 6.66. The lowest BCUT2D eigenvalue weighted by Crippen LogP contribution is -2.17. The van der Waals surface area contributed by atoms with Crippen molar-refractivity contribution in [2.24, 2.45) is 0 Å². The molecule has 0 aliphatic heterocycles. The van der Waals surface area contributed by atoms with Crippen LogP contribution in [-0.2, 0) is 12.8 Å². The van der Waals surface area contributed by atoms with Crippen LogP contribution in [-0.4, -0.2) is 25.8 Å². The second kappa shape index (κ2) is 10.0. The molecule has 0 unspecified atom stereocenters. The van der Waals surface area contributed by atoms with E-state index in [1.54, 1.807) is 12.1 Å². The number of carboxylic acid groups (broad SMARTS) is 1. The number of aromatic carboxylic acids is 1. The van der Waals surface area contributed by atoms with Crippen LogP contribution in [0.3, 0.4) is 0 Å². The second-order valence-corrected chi connectivity index (χ2v) is 9.07. The molecule has 1 saturated carbocycles. The smallest absolute Gasteiger partial charge is 0.336 e. The van der Waals surface area contributed by atoms with Crippen molar-refractivity contribution in [2.45, 2.75) is 51.0 Å². The van der Waals surface area contributed by atoms with Crippen LogP contribution in [0.4, 0.5) is 0 Å². The fourth-order valence-corrected chi connectivity index (χ4v) is 4.90. The van der Waals surface area contributed by atoms with Crippen molar-refractivity contribution in [3.05, 3.63) is 107 Å². The van der Waals surface area contributed by atoms with Crippen LogP contribution in [0.1, 0.15) is 71.3 Å². The highest BCUT2D eigenvalue weighted by Gasteiger charge is 2.21. The quantitative estimate of drug-likeness (QED) is 0.356. The molecule has 1 fully saturated rings. The summed E-state index contributed by atoms with van der Waals surface area (Å²) in [5.74, 6) is 0.974. The first-order chi connectivity index (χ1) is 16.7. The molecule has 0 spiro atoms. The summed E-state index contributed by atoms with van der Waals surface area (Å²) < 4.78 is 2.19. The lowest BCUT2D eigenvalue weighted by molar-refractivity contribution is 0.0697. The predicted molar refractivity (Wildman–Crippen MR) is 133 cm³/mol. The second-order valence-electron chi connectivity index (χ2n) is 9.07. The van der Waals surface area contributed by atoms with E-state index in [9.17, 15) is 9.90 Å². The molecule has 0 atom stereocenters. The van der Waals surface area contributed by atoms with Crippen molar-refractivity contribution in [3.63, 3.8) is 0 Å². The molecule has 1 aliphatic rings. The van der Waals surface area contributed by atoms with Crippen molar-refractivity contribution >= 4 is 5.97 Å². The summed E-state index contributed by atoms with van der Waals surface area (Å²) >= 11 is 0. The summed E-state index contributed by atoms with van der Waals surface area (Å²) in [7, 11) is 0. The van der Waals surface area contributed by atoms with Gasteiger partial charge in [-0.3, -0.25) is 0 Å². The molecule has 0 bridgehead atoms. The maximum atomic E-state index is 11.6. The summed E-state index contributed by atoms with van der Waals surface area (Å²) in [6.45, 7) is 0. The largest absolute Gasteiger partial charge is 0.478 e. The van der Waals surface area contributed by atoms with E-state index in [-0.39, 0.29) is 0 Å². The summed E-state index contributed by atoms with van der Waals surface area (Å²) in [6.07, 6.45) is 7.55. The number of hydrogen-bond acceptors (Lipinski definition) is 3. The Morgan fingerprint density at radius 2 is 1.50 bits per heavy atom. The van der Waals surface area contributed by atoms with E-state index in [0.29, 0.717) is 18.0 Å². The average Bonchev–Trinajstić information content (AvgIpc) is 3.27.